The lowest BCUT2D eigenvalue weighted by Crippen LogP contribution is -2.48. The third-order valence-corrected chi connectivity index (χ3v) is 13.9. The van der Waals surface area contributed by atoms with Gasteiger partial charge in [-0.1, -0.05) is 115 Å². The summed E-state index contributed by atoms with van der Waals surface area (Å²) >= 11 is 3.48. The maximum atomic E-state index is 14.5. The molecule has 1 saturated heterocycles. The van der Waals surface area contributed by atoms with Crippen molar-refractivity contribution < 1.29 is 23.5 Å². The second-order valence-corrected chi connectivity index (χ2v) is 19.8. The zero-order chi connectivity index (χ0) is 45.8. The van der Waals surface area contributed by atoms with Gasteiger partial charge in [-0.2, -0.15) is 11.8 Å². The Morgan fingerprint density at radius 2 is 1.42 bits per heavy atom. The number of aromatic nitrogens is 1. The van der Waals surface area contributed by atoms with Crippen LogP contribution in [0.3, 0.4) is 0 Å². The molecule has 3 N–H and O–H groups in total. The molecule has 0 saturated carbocycles. The zero-order valence-electron chi connectivity index (χ0n) is 37.3. The molecule has 1 aliphatic rings. The van der Waals surface area contributed by atoms with Crippen molar-refractivity contribution in [1.82, 2.24) is 15.6 Å². The minimum Gasteiger partial charge on any atom is -0.458 e. The minimum absolute atomic E-state index is 0.0809. The van der Waals surface area contributed by atoms with Gasteiger partial charge < -0.3 is 20.7 Å². The predicted molar refractivity (Wildman–Crippen MR) is 263 cm³/mol. The maximum Gasteiger partial charge on any atom is 0.330 e. The Bertz CT molecular complexity index is 2390. The highest BCUT2D eigenvalue weighted by Crippen LogP contribution is 2.51. The van der Waals surface area contributed by atoms with Crippen molar-refractivity contribution in [2.24, 2.45) is 0 Å². The molecule has 0 bridgehead atoms. The summed E-state index contributed by atoms with van der Waals surface area (Å²) in [7, 11) is 0. The first kappa shape index (κ1) is 47.2. The second-order valence-electron chi connectivity index (χ2n) is 17.3. The molecule has 3 unspecified atom stereocenters. The van der Waals surface area contributed by atoms with Crippen LogP contribution < -0.4 is 16.0 Å². The van der Waals surface area contributed by atoms with Crippen molar-refractivity contribution in [2.45, 2.75) is 80.2 Å². The number of esters is 1. The van der Waals surface area contributed by atoms with Crippen LogP contribution in [0.1, 0.15) is 82.3 Å². The Balaban J connectivity index is 1.20. The molecule has 4 atom stereocenters. The Labute approximate surface area is 391 Å². The molecule has 0 aliphatic carbocycles. The molecule has 8 nitrogen and oxygen atoms in total. The first-order valence-electron chi connectivity index (χ1n) is 22.1. The van der Waals surface area contributed by atoms with Crippen molar-refractivity contribution in [1.29, 1.82) is 0 Å². The average Bonchev–Trinajstić information content (AvgIpc) is 3.79. The van der Waals surface area contributed by atoms with E-state index >= 15 is 0 Å². The minimum atomic E-state index is -0.819. The Kier molecular flexibility index (Phi) is 15.9. The number of anilines is 1. The lowest BCUT2D eigenvalue weighted by Gasteiger charge is -2.37. The number of nitrogens with one attached hydrogen (secondary N) is 3. The number of Topliss-reactive ketones (excluding diaryl/α,β-unsaturated/α-hetero) is 1. The topological polar surface area (TPSA) is 109 Å². The molecule has 1 amide bonds. The number of pyridine rings is 1. The van der Waals surface area contributed by atoms with Crippen molar-refractivity contribution in [3.05, 3.63) is 203 Å². The van der Waals surface area contributed by atoms with Gasteiger partial charge in [-0.25, -0.2) is 9.18 Å². The number of amides is 1. The highest BCUT2D eigenvalue weighted by molar-refractivity contribution is 8.01. The number of halogens is 1. The number of carbonyl (C=O) groups excluding carboxylic acids is 3. The highest BCUT2D eigenvalue weighted by atomic mass is 32.2. The third kappa shape index (κ3) is 12.1. The molecule has 0 radical (unpaired) electrons. The van der Waals surface area contributed by atoms with E-state index in [4.69, 9.17) is 4.74 Å². The summed E-state index contributed by atoms with van der Waals surface area (Å²) < 4.78 is 19.3. The first-order chi connectivity index (χ1) is 31.4. The normalized spacial score (nSPS) is 16.0. The Hall–Kier alpha value is -5.75. The summed E-state index contributed by atoms with van der Waals surface area (Å²) in [6.07, 6.45) is 5.61. The van der Waals surface area contributed by atoms with Gasteiger partial charge >= 0.3 is 5.97 Å². The van der Waals surface area contributed by atoms with E-state index in [1.54, 1.807) is 54.4 Å². The Morgan fingerprint density at radius 1 is 0.800 bits per heavy atom. The van der Waals surface area contributed by atoms with Crippen molar-refractivity contribution in [2.75, 3.05) is 23.9 Å². The predicted octanol–water partition coefficient (Wildman–Crippen LogP) is 10.3. The van der Waals surface area contributed by atoms with E-state index in [1.807, 2.05) is 69.1 Å². The monoisotopic (exact) mass is 908 g/mol. The smallest absolute Gasteiger partial charge is 0.330 e. The quantitative estimate of drug-likeness (QED) is 0.0416. The number of thioether (sulfide) groups is 2. The largest absolute Gasteiger partial charge is 0.458 e. The number of ether oxygens (including phenoxy) is 1. The number of hydrogen-bond acceptors (Lipinski definition) is 9. The number of carbonyl (C=O) groups is 3. The van der Waals surface area contributed by atoms with E-state index < -0.39 is 34.3 Å². The van der Waals surface area contributed by atoms with Crippen LogP contribution in [-0.2, 0) is 27.1 Å². The SMILES string of the molecule is CSCC[C@H](NC(=O)c1cc(NC(C(=O)OC(C)(C)C)C2CC(SC(c3ccccc3)(c3ccccc3)c3ccccc3)CN2)ccc1CCc1ccc(F)cc1)C(=O)c1ccccn1. The van der Waals surface area contributed by atoms with Gasteiger partial charge in [-0.05, 0) is 123 Å². The van der Waals surface area contributed by atoms with Gasteiger partial charge in [0.15, 0.2) is 0 Å². The van der Waals surface area contributed by atoms with Crippen LogP contribution in [0.5, 0.6) is 0 Å². The summed E-state index contributed by atoms with van der Waals surface area (Å²) in [4.78, 5) is 46.9. The van der Waals surface area contributed by atoms with E-state index in [-0.39, 0.29) is 28.6 Å². The van der Waals surface area contributed by atoms with E-state index in [1.165, 1.54) is 12.1 Å². The van der Waals surface area contributed by atoms with Crippen LogP contribution in [0.2, 0.25) is 0 Å². The summed E-state index contributed by atoms with van der Waals surface area (Å²) in [5, 5.41) is 10.3. The van der Waals surface area contributed by atoms with Crippen LogP contribution in [-0.4, -0.2) is 70.2 Å². The van der Waals surface area contributed by atoms with Crippen molar-refractivity contribution in [3.8, 4) is 0 Å². The van der Waals surface area contributed by atoms with Gasteiger partial charge in [0.05, 0.1) is 10.8 Å². The summed E-state index contributed by atoms with van der Waals surface area (Å²) in [5.74, 6) is -0.762. The average molecular weight is 909 g/mol. The van der Waals surface area contributed by atoms with Crippen LogP contribution in [0.25, 0.3) is 0 Å². The molecule has 1 aromatic heterocycles. The number of aryl methyl sites for hydroxylation is 2. The second kappa shape index (κ2) is 22.0. The summed E-state index contributed by atoms with van der Waals surface area (Å²) in [6.45, 7) is 6.21. The molecule has 336 valence electrons. The molecule has 2 heterocycles. The number of rotatable bonds is 19. The first-order valence-corrected chi connectivity index (χ1v) is 24.4. The van der Waals surface area contributed by atoms with Crippen LogP contribution >= 0.6 is 23.5 Å². The molecule has 65 heavy (non-hydrogen) atoms. The summed E-state index contributed by atoms with van der Waals surface area (Å²) in [5.41, 5.74) is 5.60. The fraction of sp³-hybridized carbons (Fsp3) is 0.296. The van der Waals surface area contributed by atoms with Gasteiger partial charge in [0.25, 0.3) is 5.91 Å². The molecule has 5 aromatic carbocycles. The molecule has 6 aromatic rings. The lowest BCUT2D eigenvalue weighted by atomic mass is 9.84. The molecule has 0 spiro atoms. The maximum absolute atomic E-state index is 14.5. The van der Waals surface area contributed by atoms with Crippen LogP contribution in [0.15, 0.2) is 158 Å². The summed E-state index contributed by atoms with van der Waals surface area (Å²) in [6, 6.07) is 46.8. The fourth-order valence-electron chi connectivity index (χ4n) is 8.37. The standard InChI is InChI=1S/C54H57FN4O4S2/c1-53(2,3)63-52(62)49(48-35-44(36-57-48)65-54(39-16-8-5-9-17-39,40-18-10-6-11-19-40)41-20-12-7-13-21-41)58-43-30-27-38(26-23-37-24-28-42(55)29-25-37)45(34-43)51(61)59-47(31-33-64-4)50(60)46-22-14-15-32-56-46/h5-22,24-25,27-30,32,34,44,47-49,57-58H,23,26,31,33,35-36H2,1-4H3,(H,59,61)/t44?,47-,48?,49?/m0/s1. The highest BCUT2D eigenvalue weighted by Gasteiger charge is 2.44. The number of ketones is 1. The van der Waals surface area contributed by atoms with E-state index in [0.717, 1.165) is 27.8 Å². The fourth-order valence-corrected chi connectivity index (χ4v) is 10.6. The van der Waals surface area contributed by atoms with Gasteiger partial charge in [0.1, 0.15) is 23.2 Å². The zero-order valence-corrected chi connectivity index (χ0v) is 39.0. The molecular weight excluding hydrogens is 852 g/mol. The van der Waals surface area contributed by atoms with Crippen LogP contribution in [0.4, 0.5) is 10.1 Å². The molecule has 7 rings (SSSR count). The van der Waals surface area contributed by atoms with E-state index in [0.29, 0.717) is 49.2 Å². The lowest BCUT2D eigenvalue weighted by molar-refractivity contribution is -0.156. The van der Waals surface area contributed by atoms with Crippen LogP contribution in [0, 0.1) is 5.82 Å². The van der Waals surface area contributed by atoms with Crippen molar-refractivity contribution in [3.63, 3.8) is 0 Å². The third-order valence-electron chi connectivity index (χ3n) is 11.5. The number of hydrogen-bond donors (Lipinski definition) is 3. The molecule has 1 fully saturated rings. The Morgan fingerprint density at radius 3 is 1.98 bits per heavy atom. The van der Waals surface area contributed by atoms with Gasteiger partial charge in [0.2, 0.25) is 5.78 Å². The van der Waals surface area contributed by atoms with E-state index in [9.17, 15) is 18.8 Å². The number of nitrogens with zero attached hydrogens (tertiary/aromatic N) is 1. The van der Waals surface area contributed by atoms with E-state index in [2.05, 4.69) is 93.7 Å². The molecule has 11 heteroatoms. The van der Waals surface area contributed by atoms with Crippen molar-refractivity contribution >= 4 is 46.9 Å². The van der Waals surface area contributed by atoms with Gasteiger partial charge in [-0.3, -0.25) is 14.6 Å². The van der Waals surface area contributed by atoms with Gasteiger partial charge in [0, 0.05) is 35.3 Å². The molecule has 1 aliphatic heterocycles. The number of benzene rings is 5. The molecular formula is C54H57FN4O4S2. The van der Waals surface area contributed by atoms with Gasteiger partial charge in [-0.15, -0.1) is 11.8 Å².